The predicted molar refractivity (Wildman–Crippen MR) is 113 cm³/mol. The Morgan fingerprint density at radius 2 is 1.87 bits per heavy atom. The first kappa shape index (κ1) is 19.8. The number of hydrogen-bond donors (Lipinski definition) is 2. The van der Waals surface area contributed by atoms with E-state index >= 15 is 0 Å². The molecule has 0 aliphatic heterocycles. The molecular formula is C22H16N4O5. The molecule has 2 N–H and O–H groups in total. The number of benzene rings is 2. The molecule has 154 valence electrons. The zero-order valence-electron chi connectivity index (χ0n) is 16.3. The number of nitro benzene ring substituents is 1. The smallest absolute Gasteiger partial charge is 0.302 e. The maximum atomic E-state index is 11.5. The largest absolute Gasteiger partial charge is 0.507 e. The third kappa shape index (κ3) is 3.97. The summed E-state index contributed by atoms with van der Waals surface area (Å²) in [6.45, 7) is 1.34. The van der Waals surface area contributed by atoms with E-state index in [1.165, 1.54) is 19.1 Å². The SMILES string of the molecule is CC(=O)Nc1nc(-c2cccnc2)c(-c2ccccc2-c2ccc([N+](=O)[O-])cc2O)o1. The quantitative estimate of drug-likeness (QED) is 0.358. The van der Waals surface area contributed by atoms with Crippen molar-refractivity contribution in [2.75, 3.05) is 5.32 Å². The Kier molecular flexibility index (Phi) is 5.15. The van der Waals surface area contributed by atoms with E-state index in [9.17, 15) is 20.0 Å². The monoisotopic (exact) mass is 416 g/mol. The molecule has 0 fully saturated rings. The van der Waals surface area contributed by atoms with Gasteiger partial charge in [-0.2, -0.15) is 4.98 Å². The number of hydrogen-bond acceptors (Lipinski definition) is 7. The molecule has 2 aromatic carbocycles. The van der Waals surface area contributed by atoms with Gasteiger partial charge in [-0.1, -0.05) is 24.3 Å². The van der Waals surface area contributed by atoms with Gasteiger partial charge in [-0.25, -0.2) is 0 Å². The summed E-state index contributed by atoms with van der Waals surface area (Å²) in [5.41, 5.74) is 2.43. The fourth-order valence-corrected chi connectivity index (χ4v) is 3.18. The Bertz CT molecular complexity index is 1280. The average molecular weight is 416 g/mol. The summed E-state index contributed by atoms with van der Waals surface area (Å²) in [5, 5.41) is 24.0. The van der Waals surface area contributed by atoms with E-state index in [1.807, 2.05) is 0 Å². The highest BCUT2D eigenvalue weighted by atomic mass is 16.6. The van der Waals surface area contributed by atoms with Crippen LogP contribution >= 0.6 is 0 Å². The lowest BCUT2D eigenvalue weighted by Gasteiger charge is -2.10. The molecule has 0 saturated carbocycles. The van der Waals surface area contributed by atoms with Crippen LogP contribution in [-0.4, -0.2) is 25.9 Å². The third-order valence-electron chi connectivity index (χ3n) is 4.50. The van der Waals surface area contributed by atoms with Crippen molar-refractivity contribution in [1.29, 1.82) is 0 Å². The van der Waals surface area contributed by atoms with E-state index in [0.29, 0.717) is 33.7 Å². The zero-order valence-corrected chi connectivity index (χ0v) is 16.3. The summed E-state index contributed by atoms with van der Waals surface area (Å²) in [6, 6.07) is 14.5. The van der Waals surface area contributed by atoms with Crippen molar-refractivity contribution in [1.82, 2.24) is 9.97 Å². The van der Waals surface area contributed by atoms with Gasteiger partial charge in [0, 0.05) is 42.1 Å². The van der Waals surface area contributed by atoms with E-state index < -0.39 is 4.92 Å². The molecule has 0 saturated heterocycles. The van der Waals surface area contributed by atoms with Gasteiger partial charge < -0.3 is 9.52 Å². The van der Waals surface area contributed by atoms with Gasteiger partial charge in [0.15, 0.2) is 5.76 Å². The van der Waals surface area contributed by atoms with Gasteiger partial charge in [0.1, 0.15) is 11.4 Å². The van der Waals surface area contributed by atoms with Crippen LogP contribution in [0.1, 0.15) is 6.92 Å². The van der Waals surface area contributed by atoms with Crippen LogP contribution in [0.25, 0.3) is 33.7 Å². The first-order chi connectivity index (χ1) is 14.9. The maximum absolute atomic E-state index is 11.5. The normalized spacial score (nSPS) is 10.6. The van der Waals surface area contributed by atoms with Crippen LogP contribution in [0, 0.1) is 10.1 Å². The van der Waals surface area contributed by atoms with Gasteiger partial charge in [-0.15, -0.1) is 0 Å². The molecule has 4 aromatic rings. The van der Waals surface area contributed by atoms with Gasteiger partial charge >= 0.3 is 6.01 Å². The number of aromatic nitrogens is 2. The molecule has 2 aromatic heterocycles. The number of nitro groups is 1. The minimum absolute atomic E-state index is 0.0177. The molecule has 4 rings (SSSR count). The summed E-state index contributed by atoms with van der Waals surface area (Å²) in [5.74, 6) is -0.233. The third-order valence-corrected chi connectivity index (χ3v) is 4.50. The number of carbonyl (C=O) groups is 1. The highest BCUT2D eigenvalue weighted by Crippen LogP contribution is 2.42. The minimum atomic E-state index is -0.577. The van der Waals surface area contributed by atoms with Crippen LogP contribution in [0.15, 0.2) is 71.4 Å². The van der Waals surface area contributed by atoms with Crippen LogP contribution in [-0.2, 0) is 4.79 Å². The lowest BCUT2D eigenvalue weighted by atomic mass is 9.95. The van der Waals surface area contributed by atoms with E-state index in [1.54, 1.807) is 48.8 Å². The number of amides is 1. The summed E-state index contributed by atoms with van der Waals surface area (Å²) in [7, 11) is 0. The lowest BCUT2D eigenvalue weighted by molar-refractivity contribution is -0.384. The highest BCUT2D eigenvalue weighted by Gasteiger charge is 2.22. The van der Waals surface area contributed by atoms with Crippen molar-refractivity contribution in [3.63, 3.8) is 0 Å². The second-order valence-electron chi connectivity index (χ2n) is 6.62. The Morgan fingerprint density at radius 1 is 1.10 bits per heavy atom. The minimum Gasteiger partial charge on any atom is -0.507 e. The molecule has 2 heterocycles. The molecule has 0 aliphatic rings. The number of nitrogens with one attached hydrogen (secondary N) is 1. The number of anilines is 1. The predicted octanol–water partition coefficient (Wildman–Crippen LogP) is 4.64. The van der Waals surface area contributed by atoms with Crippen LogP contribution in [0.5, 0.6) is 5.75 Å². The van der Waals surface area contributed by atoms with Crippen LogP contribution in [0.2, 0.25) is 0 Å². The number of phenols is 1. The topological polar surface area (TPSA) is 131 Å². The second-order valence-corrected chi connectivity index (χ2v) is 6.62. The van der Waals surface area contributed by atoms with Crippen LogP contribution < -0.4 is 5.32 Å². The fourth-order valence-electron chi connectivity index (χ4n) is 3.18. The standard InChI is InChI=1S/C22H16N4O5/c1-13(27)24-22-25-20(14-5-4-10-23-12-14)21(31-22)18-7-3-2-6-16(18)17-9-8-15(26(29)30)11-19(17)28/h2-12,28H,1H3,(H,24,25,27). The highest BCUT2D eigenvalue weighted by molar-refractivity contribution is 5.91. The summed E-state index contributed by atoms with van der Waals surface area (Å²) >= 11 is 0. The fraction of sp³-hybridized carbons (Fsp3) is 0.0455. The molecule has 9 nitrogen and oxygen atoms in total. The van der Waals surface area contributed by atoms with Crippen molar-refractivity contribution >= 4 is 17.6 Å². The van der Waals surface area contributed by atoms with Gasteiger partial charge in [-0.05, 0) is 23.8 Å². The molecular weight excluding hydrogens is 400 g/mol. The molecule has 0 radical (unpaired) electrons. The number of pyridine rings is 1. The number of nitrogens with zero attached hydrogens (tertiary/aromatic N) is 3. The van der Waals surface area contributed by atoms with Crippen molar-refractivity contribution in [3.8, 4) is 39.5 Å². The lowest BCUT2D eigenvalue weighted by Crippen LogP contribution is -2.05. The Morgan fingerprint density at radius 3 is 2.52 bits per heavy atom. The Balaban J connectivity index is 1.91. The number of phenolic OH excluding ortho intramolecular Hbond substituents is 1. The van der Waals surface area contributed by atoms with Crippen molar-refractivity contribution < 1.29 is 19.2 Å². The van der Waals surface area contributed by atoms with Crippen molar-refractivity contribution in [2.24, 2.45) is 0 Å². The Hall–Kier alpha value is -4.53. The van der Waals surface area contributed by atoms with Crippen LogP contribution in [0.3, 0.4) is 0 Å². The molecule has 1 amide bonds. The summed E-state index contributed by atoms with van der Waals surface area (Å²) in [4.78, 5) is 30.5. The molecule has 0 spiro atoms. The molecule has 9 heteroatoms. The van der Waals surface area contributed by atoms with Crippen LogP contribution in [0.4, 0.5) is 11.7 Å². The number of rotatable bonds is 5. The molecule has 0 aliphatic carbocycles. The maximum Gasteiger partial charge on any atom is 0.302 e. The van der Waals surface area contributed by atoms with Gasteiger partial charge in [0.25, 0.3) is 5.69 Å². The van der Waals surface area contributed by atoms with E-state index in [2.05, 4.69) is 15.3 Å². The Labute approximate surface area is 176 Å². The number of non-ortho nitro benzene ring substituents is 1. The zero-order chi connectivity index (χ0) is 22.0. The van der Waals surface area contributed by atoms with Crippen molar-refractivity contribution in [2.45, 2.75) is 6.92 Å². The molecule has 0 bridgehead atoms. The summed E-state index contributed by atoms with van der Waals surface area (Å²) in [6.07, 6.45) is 3.24. The van der Waals surface area contributed by atoms with Gasteiger partial charge in [0.2, 0.25) is 5.91 Å². The van der Waals surface area contributed by atoms with E-state index in [-0.39, 0.29) is 23.4 Å². The first-order valence-corrected chi connectivity index (χ1v) is 9.20. The number of aromatic hydroxyl groups is 1. The first-order valence-electron chi connectivity index (χ1n) is 9.20. The second kappa shape index (κ2) is 8.07. The molecule has 0 unspecified atom stereocenters. The van der Waals surface area contributed by atoms with E-state index in [0.717, 1.165) is 6.07 Å². The summed E-state index contributed by atoms with van der Waals surface area (Å²) < 4.78 is 5.87. The van der Waals surface area contributed by atoms with Gasteiger partial charge in [0.05, 0.1) is 11.0 Å². The van der Waals surface area contributed by atoms with Gasteiger partial charge in [-0.3, -0.25) is 25.2 Å². The number of carbonyl (C=O) groups excluding carboxylic acids is 1. The van der Waals surface area contributed by atoms with Crippen molar-refractivity contribution in [3.05, 3.63) is 77.1 Å². The van der Waals surface area contributed by atoms with E-state index in [4.69, 9.17) is 4.42 Å². The molecule has 31 heavy (non-hydrogen) atoms. The number of oxazole rings is 1. The molecule has 0 atom stereocenters. The average Bonchev–Trinajstić information content (AvgIpc) is 3.17.